The fourth-order valence-electron chi connectivity index (χ4n) is 2.55. The highest BCUT2D eigenvalue weighted by molar-refractivity contribution is 6.93. The summed E-state index contributed by atoms with van der Waals surface area (Å²) in [7, 11) is -0.361. The van der Waals surface area contributed by atoms with E-state index in [1.807, 2.05) is 39.8 Å². The summed E-state index contributed by atoms with van der Waals surface area (Å²) in [5.41, 5.74) is 3.32. The van der Waals surface area contributed by atoms with Crippen LogP contribution in [0.25, 0.3) is 0 Å². The molecule has 0 amide bonds. The normalized spacial score (nSPS) is 14.3. The molecule has 0 saturated heterocycles. The molecule has 4 nitrogen and oxygen atoms in total. The monoisotopic (exact) mass is 324 g/mol. The minimum absolute atomic E-state index is 0.0191. The van der Waals surface area contributed by atoms with Crippen LogP contribution < -0.4 is 5.38 Å². The first-order valence-electron chi connectivity index (χ1n) is 7.62. The third kappa shape index (κ3) is 5.14. The molecule has 0 radical (unpaired) electrons. The molecule has 1 heterocycles. The molecule has 0 saturated carbocycles. The fraction of sp³-hybridized carbons (Fsp3) is 0.588. The van der Waals surface area contributed by atoms with Crippen molar-refractivity contribution in [3.8, 4) is 0 Å². The van der Waals surface area contributed by atoms with Gasteiger partial charge in [0, 0.05) is 7.11 Å². The standard InChI is InChI=1S/C17H28O4Si/c1-12(2)17(21-15(18)10-19-5)13(3)11-22(6,7)16-9-8-14(4)20-16/h8-9,11-12,17H,10H2,1-7H3/b13-11-. The molecule has 5 heteroatoms. The smallest absolute Gasteiger partial charge is 0.332 e. The Morgan fingerprint density at radius 1 is 1.36 bits per heavy atom. The first-order valence-corrected chi connectivity index (χ1v) is 10.7. The van der Waals surface area contributed by atoms with Crippen molar-refractivity contribution in [1.82, 2.24) is 0 Å². The Morgan fingerprint density at radius 3 is 2.45 bits per heavy atom. The van der Waals surface area contributed by atoms with Gasteiger partial charge < -0.3 is 13.9 Å². The van der Waals surface area contributed by atoms with Crippen molar-refractivity contribution in [2.24, 2.45) is 5.92 Å². The van der Waals surface area contributed by atoms with Crippen molar-refractivity contribution in [3.63, 3.8) is 0 Å². The van der Waals surface area contributed by atoms with Crippen LogP contribution in [0.3, 0.4) is 0 Å². The topological polar surface area (TPSA) is 48.7 Å². The van der Waals surface area contributed by atoms with E-state index < -0.39 is 8.07 Å². The second-order valence-corrected chi connectivity index (χ2v) is 10.8. The summed E-state index contributed by atoms with van der Waals surface area (Å²) >= 11 is 0. The van der Waals surface area contributed by atoms with Gasteiger partial charge in [0.25, 0.3) is 0 Å². The predicted molar refractivity (Wildman–Crippen MR) is 90.9 cm³/mol. The van der Waals surface area contributed by atoms with Gasteiger partial charge in [-0.2, -0.15) is 0 Å². The highest BCUT2D eigenvalue weighted by Crippen LogP contribution is 2.20. The Morgan fingerprint density at radius 2 is 2.00 bits per heavy atom. The van der Waals surface area contributed by atoms with E-state index in [2.05, 4.69) is 18.8 Å². The molecule has 1 atom stereocenters. The molecule has 0 fully saturated rings. The third-order valence-electron chi connectivity index (χ3n) is 3.54. The molecule has 1 unspecified atom stereocenters. The first kappa shape index (κ1) is 18.7. The molecule has 1 aromatic heterocycles. The minimum Gasteiger partial charge on any atom is -0.471 e. The largest absolute Gasteiger partial charge is 0.471 e. The van der Waals surface area contributed by atoms with Gasteiger partial charge in [-0.25, -0.2) is 4.79 Å². The summed E-state index contributed by atoms with van der Waals surface area (Å²) in [5.74, 6) is 0.802. The lowest BCUT2D eigenvalue weighted by Gasteiger charge is -2.25. The number of furan rings is 1. The number of hydrogen-bond donors (Lipinski definition) is 0. The van der Waals surface area contributed by atoms with E-state index in [0.717, 1.165) is 16.7 Å². The van der Waals surface area contributed by atoms with E-state index in [1.54, 1.807) is 0 Å². The summed E-state index contributed by atoms with van der Waals surface area (Å²) in [6.45, 7) is 12.5. The molecule has 22 heavy (non-hydrogen) atoms. The Hall–Kier alpha value is -1.33. The van der Waals surface area contributed by atoms with E-state index >= 15 is 0 Å². The summed E-state index contributed by atoms with van der Waals surface area (Å²) in [5, 5.41) is 1.04. The Balaban J connectivity index is 2.97. The molecular formula is C17H28O4Si. The summed E-state index contributed by atoms with van der Waals surface area (Å²) in [6, 6.07) is 4.04. The number of carbonyl (C=O) groups is 1. The van der Waals surface area contributed by atoms with Gasteiger partial charge in [0.05, 0.1) is 11.1 Å². The molecule has 1 rings (SSSR count). The number of esters is 1. The average Bonchev–Trinajstić information content (AvgIpc) is 2.83. The number of methoxy groups -OCH3 is 1. The first-order chi connectivity index (χ1) is 10.2. The number of carbonyl (C=O) groups excluding carboxylic acids is 1. The fourth-order valence-corrected chi connectivity index (χ4v) is 4.93. The third-order valence-corrected chi connectivity index (χ3v) is 6.25. The number of rotatable bonds is 7. The van der Waals surface area contributed by atoms with E-state index in [4.69, 9.17) is 13.9 Å². The van der Waals surface area contributed by atoms with Gasteiger partial charge in [-0.3, -0.25) is 0 Å². The summed E-state index contributed by atoms with van der Waals surface area (Å²) < 4.78 is 16.2. The zero-order valence-corrected chi connectivity index (χ0v) is 15.7. The second kappa shape index (κ2) is 7.79. The molecule has 0 aliphatic rings. The van der Waals surface area contributed by atoms with E-state index in [-0.39, 0.29) is 24.6 Å². The van der Waals surface area contributed by atoms with Crippen LogP contribution in [0, 0.1) is 12.8 Å². The van der Waals surface area contributed by atoms with Crippen molar-refractivity contribution >= 4 is 19.4 Å². The van der Waals surface area contributed by atoms with Crippen LogP contribution in [-0.2, 0) is 14.3 Å². The predicted octanol–water partition coefficient (Wildman–Crippen LogP) is 3.20. The molecule has 0 aliphatic heterocycles. The van der Waals surface area contributed by atoms with Crippen LogP contribution in [0.1, 0.15) is 26.5 Å². The highest BCUT2D eigenvalue weighted by atomic mass is 28.3. The average molecular weight is 324 g/mol. The zero-order chi connectivity index (χ0) is 16.9. The SMILES string of the molecule is COCC(=O)OC(/C(C)=C\[Si](C)(C)c1ccc(C)o1)C(C)C. The van der Waals surface area contributed by atoms with Crippen molar-refractivity contribution in [2.75, 3.05) is 13.7 Å². The highest BCUT2D eigenvalue weighted by Gasteiger charge is 2.28. The van der Waals surface area contributed by atoms with Gasteiger partial charge in [-0.15, -0.1) is 0 Å². The van der Waals surface area contributed by atoms with Crippen LogP contribution >= 0.6 is 0 Å². The van der Waals surface area contributed by atoms with Crippen LogP contribution in [0.4, 0.5) is 0 Å². The van der Waals surface area contributed by atoms with Crippen LogP contribution in [0.2, 0.25) is 13.1 Å². The summed E-state index contributed by atoms with van der Waals surface area (Å²) in [4.78, 5) is 11.7. The number of hydrogen-bond acceptors (Lipinski definition) is 4. The molecule has 124 valence electrons. The maximum Gasteiger partial charge on any atom is 0.332 e. The van der Waals surface area contributed by atoms with Crippen molar-refractivity contribution in [1.29, 1.82) is 0 Å². The lowest BCUT2D eigenvalue weighted by atomic mass is 10.0. The van der Waals surface area contributed by atoms with Gasteiger partial charge in [0.2, 0.25) is 0 Å². The molecule has 1 aromatic rings. The Labute approximate surface area is 134 Å². The van der Waals surface area contributed by atoms with Crippen molar-refractivity contribution in [2.45, 2.75) is 46.9 Å². The molecule has 0 spiro atoms. The maximum absolute atomic E-state index is 11.7. The quantitative estimate of drug-likeness (QED) is 0.571. The van der Waals surface area contributed by atoms with Crippen LogP contribution in [-0.4, -0.2) is 33.9 Å². The van der Waals surface area contributed by atoms with Gasteiger partial charge >= 0.3 is 5.97 Å². The lowest BCUT2D eigenvalue weighted by Crippen LogP contribution is -2.40. The summed E-state index contributed by atoms with van der Waals surface area (Å²) in [6.07, 6.45) is -0.231. The molecular weight excluding hydrogens is 296 g/mol. The van der Waals surface area contributed by atoms with E-state index in [9.17, 15) is 4.79 Å². The zero-order valence-electron chi connectivity index (χ0n) is 14.7. The molecule has 0 aromatic carbocycles. The maximum atomic E-state index is 11.7. The number of aryl methyl sites for hydroxylation is 1. The molecule has 0 N–H and O–H groups in total. The van der Waals surface area contributed by atoms with Gasteiger partial charge in [-0.1, -0.05) is 32.6 Å². The van der Waals surface area contributed by atoms with Crippen molar-refractivity contribution in [3.05, 3.63) is 29.2 Å². The number of ether oxygens (including phenoxy) is 2. The van der Waals surface area contributed by atoms with Gasteiger partial charge in [-0.05, 0) is 37.5 Å². The Bertz CT molecular complexity index is 529. The molecule has 0 aliphatic carbocycles. The molecule has 0 bridgehead atoms. The van der Waals surface area contributed by atoms with E-state index in [1.165, 1.54) is 7.11 Å². The Kier molecular flexibility index (Phi) is 6.62. The van der Waals surface area contributed by atoms with E-state index in [0.29, 0.717) is 0 Å². The van der Waals surface area contributed by atoms with Crippen LogP contribution in [0.15, 0.2) is 27.8 Å². The van der Waals surface area contributed by atoms with Gasteiger partial charge in [0.15, 0.2) is 0 Å². The second-order valence-electron chi connectivity index (χ2n) is 6.61. The van der Waals surface area contributed by atoms with Crippen molar-refractivity contribution < 1.29 is 18.7 Å². The van der Waals surface area contributed by atoms with Crippen LogP contribution in [0.5, 0.6) is 0 Å². The minimum atomic E-state index is -1.85. The lowest BCUT2D eigenvalue weighted by molar-refractivity contribution is -0.153. The van der Waals surface area contributed by atoms with Gasteiger partial charge in [0.1, 0.15) is 20.8 Å².